The minimum atomic E-state index is -0.849. The number of nitrogens with one attached hydrogen (secondary N) is 1. The first-order valence-corrected chi connectivity index (χ1v) is 4.18. The molecule has 1 aromatic rings. The van der Waals surface area contributed by atoms with Crippen LogP contribution in [0.1, 0.15) is 5.56 Å². The Morgan fingerprint density at radius 2 is 1.67 bits per heavy atom. The lowest BCUT2D eigenvalue weighted by molar-refractivity contribution is -0.124. The Bertz CT molecular complexity index is 490. The van der Waals surface area contributed by atoms with Gasteiger partial charge in [-0.25, -0.2) is 0 Å². The summed E-state index contributed by atoms with van der Waals surface area (Å²) in [6.45, 7) is 0. The molecular weight excluding hydrogens is 198 g/mol. The summed E-state index contributed by atoms with van der Waals surface area (Å²) in [5.74, 6) is -2.39. The average Bonchev–Trinajstić information content (AvgIpc) is 2.43. The number of para-hydroxylation sites is 1. The van der Waals surface area contributed by atoms with Gasteiger partial charge in [0.15, 0.2) is 5.76 Å². The number of benzene rings is 1. The van der Waals surface area contributed by atoms with Crippen molar-refractivity contribution < 1.29 is 19.8 Å². The third-order valence-corrected chi connectivity index (χ3v) is 2.08. The van der Waals surface area contributed by atoms with Crippen LogP contribution in [0.15, 0.2) is 30.0 Å². The molecule has 2 rings (SSSR count). The first-order valence-electron chi connectivity index (χ1n) is 4.18. The molecule has 5 heteroatoms. The smallest absolute Gasteiger partial charge is 0.293 e. The van der Waals surface area contributed by atoms with Gasteiger partial charge in [0.2, 0.25) is 0 Å². The number of hydrogen-bond acceptors (Lipinski definition) is 4. The molecule has 0 saturated heterocycles. The molecular formula is C10H7NO4. The summed E-state index contributed by atoms with van der Waals surface area (Å²) in [5, 5.41) is 20.7. The monoisotopic (exact) mass is 205 g/mol. The standard InChI is InChI=1S/C10H7NO4/c12-6-4-2-1-3-5(6)7-8(13)10(15)11-9(7)14/h1-4,12H,(H2,11,13,14,15). The van der Waals surface area contributed by atoms with Gasteiger partial charge in [-0.05, 0) is 6.07 Å². The normalized spacial score (nSPS) is 15.7. The Morgan fingerprint density at radius 1 is 1.00 bits per heavy atom. The Labute approximate surface area is 84.7 Å². The van der Waals surface area contributed by atoms with E-state index in [1.165, 1.54) is 12.1 Å². The minimum Gasteiger partial charge on any atom is -0.507 e. The minimum absolute atomic E-state index is 0.137. The number of imide groups is 1. The molecule has 0 spiro atoms. The van der Waals surface area contributed by atoms with E-state index in [4.69, 9.17) is 0 Å². The fourth-order valence-corrected chi connectivity index (χ4v) is 1.38. The highest BCUT2D eigenvalue weighted by molar-refractivity contribution is 6.35. The molecule has 0 saturated carbocycles. The van der Waals surface area contributed by atoms with Gasteiger partial charge < -0.3 is 10.2 Å². The van der Waals surface area contributed by atoms with E-state index in [1.807, 2.05) is 5.32 Å². The topological polar surface area (TPSA) is 86.6 Å². The Hall–Kier alpha value is -2.30. The van der Waals surface area contributed by atoms with Crippen LogP contribution < -0.4 is 5.32 Å². The molecule has 0 aromatic heterocycles. The van der Waals surface area contributed by atoms with E-state index in [2.05, 4.69) is 0 Å². The predicted molar refractivity (Wildman–Crippen MR) is 50.8 cm³/mol. The second-order valence-corrected chi connectivity index (χ2v) is 3.02. The molecule has 1 heterocycles. The van der Waals surface area contributed by atoms with Gasteiger partial charge in [0.1, 0.15) is 5.75 Å². The van der Waals surface area contributed by atoms with Crippen LogP contribution in [-0.2, 0) is 9.59 Å². The summed E-state index contributed by atoms with van der Waals surface area (Å²) in [6, 6.07) is 5.97. The van der Waals surface area contributed by atoms with E-state index in [0.29, 0.717) is 0 Å². The van der Waals surface area contributed by atoms with Crippen molar-refractivity contribution in [1.29, 1.82) is 0 Å². The molecule has 15 heavy (non-hydrogen) atoms. The number of rotatable bonds is 1. The lowest BCUT2D eigenvalue weighted by atomic mass is 10.0. The van der Waals surface area contributed by atoms with Gasteiger partial charge >= 0.3 is 0 Å². The van der Waals surface area contributed by atoms with Gasteiger partial charge in [-0.2, -0.15) is 0 Å². The molecule has 0 radical (unpaired) electrons. The molecule has 5 nitrogen and oxygen atoms in total. The van der Waals surface area contributed by atoms with Gasteiger partial charge in [-0.15, -0.1) is 0 Å². The molecule has 2 amide bonds. The molecule has 0 bridgehead atoms. The molecule has 1 aromatic carbocycles. The first-order chi connectivity index (χ1) is 7.11. The first kappa shape index (κ1) is 9.26. The van der Waals surface area contributed by atoms with Crippen molar-refractivity contribution >= 4 is 17.4 Å². The van der Waals surface area contributed by atoms with E-state index in [0.717, 1.165) is 0 Å². The van der Waals surface area contributed by atoms with E-state index in [1.54, 1.807) is 12.1 Å². The maximum Gasteiger partial charge on any atom is 0.293 e. The third-order valence-electron chi connectivity index (χ3n) is 2.08. The highest BCUT2D eigenvalue weighted by Gasteiger charge is 2.32. The predicted octanol–water partition coefficient (Wildman–Crippen LogP) is 0.318. The van der Waals surface area contributed by atoms with Gasteiger partial charge in [-0.1, -0.05) is 18.2 Å². The Kier molecular flexibility index (Phi) is 1.93. The van der Waals surface area contributed by atoms with Crippen LogP contribution in [0.5, 0.6) is 5.75 Å². The van der Waals surface area contributed by atoms with E-state index in [9.17, 15) is 19.8 Å². The SMILES string of the molecule is O=C1NC(=O)C(c2ccccc2O)=C1O. The summed E-state index contributed by atoms with van der Waals surface area (Å²) in [4.78, 5) is 22.2. The van der Waals surface area contributed by atoms with Crippen LogP contribution in [0.25, 0.3) is 5.57 Å². The third kappa shape index (κ3) is 1.34. The maximum absolute atomic E-state index is 11.3. The summed E-state index contributed by atoms with van der Waals surface area (Å²) in [5.41, 5.74) is -0.0588. The van der Waals surface area contributed by atoms with Crippen molar-refractivity contribution in [2.24, 2.45) is 0 Å². The lowest BCUT2D eigenvalue weighted by Crippen LogP contribution is -2.22. The number of phenolic OH excluding ortho intramolecular Hbond substituents is 1. The number of amides is 2. The highest BCUT2D eigenvalue weighted by Crippen LogP contribution is 2.29. The fourth-order valence-electron chi connectivity index (χ4n) is 1.38. The Balaban J connectivity index is 2.62. The van der Waals surface area contributed by atoms with Crippen molar-refractivity contribution in [3.8, 4) is 5.75 Å². The Morgan fingerprint density at radius 3 is 2.20 bits per heavy atom. The number of aliphatic hydroxyl groups is 1. The number of aromatic hydroxyl groups is 1. The number of carbonyl (C=O) groups is 2. The van der Waals surface area contributed by atoms with Crippen LogP contribution in [-0.4, -0.2) is 22.0 Å². The fraction of sp³-hybridized carbons (Fsp3) is 0. The van der Waals surface area contributed by atoms with Gasteiger partial charge in [0.25, 0.3) is 11.8 Å². The zero-order chi connectivity index (χ0) is 11.0. The number of phenols is 1. The van der Waals surface area contributed by atoms with Crippen LogP contribution in [0.2, 0.25) is 0 Å². The molecule has 0 aliphatic carbocycles. The summed E-state index contributed by atoms with van der Waals surface area (Å²) in [6.07, 6.45) is 0. The van der Waals surface area contributed by atoms with Crippen molar-refractivity contribution in [1.82, 2.24) is 5.32 Å². The number of hydrogen-bond donors (Lipinski definition) is 3. The maximum atomic E-state index is 11.3. The van der Waals surface area contributed by atoms with Crippen LogP contribution >= 0.6 is 0 Å². The van der Waals surface area contributed by atoms with Crippen LogP contribution in [0.3, 0.4) is 0 Å². The van der Waals surface area contributed by atoms with Gasteiger partial charge in [0.05, 0.1) is 5.57 Å². The zero-order valence-corrected chi connectivity index (χ0v) is 7.52. The number of carbonyl (C=O) groups excluding carboxylic acids is 2. The summed E-state index contributed by atoms with van der Waals surface area (Å²) in [7, 11) is 0. The molecule has 0 unspecified atom stereocenters. The largest absolute Gasteiger partial charge is 0.507 e. The molecule has 3 N–H and O–H groups in total. The van der Waals surface area contributed by atoms with Crippen molar-refractivity contribution in [2.75, 3.05) is 0 Å². The van der Waals surface area contributed by atoms with Crippen LogP contribution in [0.4, 0.5) is 0 Å². The molecule has 0 atom stereocenters. The molecule has 76 valence electrons. The van der Waals surface area contributed by atoms with Crippen LogP contribution in [0, 0.1) is 0 Å². The van der Waals surface area contributed by atoms with E-state index >= 15 is 0 Å². The van der Waals surface area contributed by atoms with Crippen molar-refractivity contribution in [3.63, 3.8) is 0 Å². The highest BCUT2D eigenvalue weighted by atomic mass is 16.3. The molecule has 1 aliphatic rings. The zero-order valence-electron chi connectivity index (χ0n) is 7.52. The van der Waals surface area contributed by atoms with E-state index < -0.39 is 17.6 Å². The molecule has 0 fully saturated rings. The van der Waals surface area contributed by atoms with Crippen molar-refractivity contribution in [2.45, 2.75) is 0 Å². The van der Waals surface area contributed by atoms with E-state index in [-0.39, 0.29) is 16.9 Å². The van der Waals surface area contributed by atoms with Gasteiger partial charge in [0, 0.05) is 5.56 Å². The second-order valence-electron chi connectivity index (χ2n) is 3.02. The summed E-state index contributed by atoms with van der Waals surface area (Å²) < 4.78 is 0. The average molecular weight is 205 g/mol. The number of aliphatic hydroxyl groups excluding tert-OH is 1. The second kappa shape index (κ2) is 3.13. The van der Waals surface area contributed by atoms with Gasteiger partial charge in [-0.3, -0.25) is 14.9 Å². The quantitative estimate of drug-likeness (QED) is 0.576. The molecule has 1 aliphatic heterocycles. The summed E-state index contributed by atoms with van der Waals surface area (Å²) >= 11 is 0. The van der Waals surface area contributed by atoms with Crippen molar-refractivity contribution in [3.05, 3.63) is 35.6 Å². The lowest BCUT2D eigenvalue weighted by Gasteiger charge is -2.02.